The minimum absolute atomic E-state index is 0.0798. The van der Waals surface area contributed by atoms with E-state index in [1.165, 1.54) is 0 Å². The van der Waals surface area contributed by atoms with E-state index in [0.29, 0.717) is 11.4 Å². The number of ether oxygens (including phenoxy) is 2. The molecule has 3 aromatic carbocycles. The van der Waals surface area contributed by atoms with Gasteiger partial charge in [0.2, 0.25) is 0 Å². The average Bonchev–Trinajstić information content (AvgIpc) is 2.67. The summed E-state index contributed by atoms with van der Waals surface area (Å²) < 4.78 is 10.4. The van der Waals surface area contributed by atoms with Crippen molar-refractivity contribution in [2.24, 2.45) is 0 Å². The van der Waals surface area contributed by atoms with Crippen molar-refractivity contribution in [1.82, 2.24) is 0 Å². The Bertz CT molecular complexity index is 887. The molecule has 0 saturated heterocycles. The molecule has 0 aromatic heterocycles. The van der Waals surface area contributed by atoms with E-state index in [-0.39, 0.29) is 25.5 Å². The van der Waals surface area contributed by atoms with Gasteiger partial charge in [0.15, 0.2) is 6.61 Å². The zero-order valence-corrected chi connectivity index (χ0v) is 14.2. The maximum Gasteiger partial charge on any atom is 0.309 e. The van der Waals surface area contributed by atoms with Crippen LogP contribution >= 0.6 is 0 Å². The Balaban J connectivity index is 1.44. The first-order chi connectivity index (χ1) is 12.7. The summed E-state index contributed by atoms with van der Waals surface area (Å²) in [6.45, 7) is -0.124. The highest BCUT2D eigenvalue weighted by atomic mass is 16.5. The van der Waals surface area contributed by atoms with Crippen molar-refractivity contribution in [1.29, 1.82) is 0 Å². The Hall–Kier alpha value is -3.34. The number of amides is 1. The van der Waals surface area contributed by atoms with E-state index in [9.17, 15) is 9.59 Å². The van der Waals surface area contributed by atoms with E-state index in [2.05, 4.69) is 5.32 Å². The first kappa shape index (κ1) is 17.5. The average molecular weight is 349 g/mol. The van der Waals surface area contributed by atoms with Crippen LogP contribution in [0.25, 0.3) is 10.8 Å². The zero-order chi connectivity index (χ0) is 18.2. The number of benzene rings is 3. The highest BCUT2D eigenvalue weighted by Gasteiger charge is 2.09. The molecule has 0 heterocycles. The number of hydrogen-bond donors (Lipinski definition) is 1. The quantitative estimate of drug-likeness (QED) is 0.659. The smallest absolute Gasteiger partial charge is 0.309 e. The van der Waals surface area contributed by atoms with Crippen molar-refractivity contribution in [3.05, 3.63) is 72.8 Å². The number of anilines is 1. The molecule has 5 heteroatoms. The molecule has 0 atom stereocenters. The Morgan fingerprint density at radius 2 is 1.58 bits per heavy atom. The van der Waals surface area contributed by atoms with Gasteiger partial charge in [-0.05, 0) is 23.6 Å². The van der Waals surface area contributed by atoms with Crippen molar-refractivity contribution in [2.75, 3.05) is 18.5 Å². The van der Waals surface area contributed by atoms with Gasteiger partial charge in [0.1, 0.15) is 5.75 Å². The fourth-order valence-corrected chi connectivity index (χ4v) is 2.51. The van der Waals surface area contributed by atoms with Crippen LogP contribution in [-0.2, 0) is 14.3 Å². The summed E-state index contributed by atoms with van der Waals surface area (Å²) in [5.41, 5.74) is 0.691. The monoisotopic (exact) mass is 349 g/mol. The van der Waals surface area contributed by atoms with Gasteiger partial charge in [-0.1, -0.05) is 54.6 Å². The van der Waals surface area contributed by atoms with Crippen LogP contribution in [0, 0.1) is 0 Å². The third-order valence-electron chi connectivity index (χ3n) is 3.75. The molecule has 0 aliphatic heterocycles. The van der Waals surface area contributed by atoms with Gasteiger partial charge in [-0.2, -0.15) is 0 Å². The zero-order valence-electron chi connectivity index (χ0n) is 14.2. The van der Waals surface area contributed by atoms with E-state index in [1.807, 2.05) is 72.8 Å². The van der Waals surface area contributed by atoms with Gasteiger partial charge in [0.25, 0.3) is 5.91 Å². The molecule has 0 unspecified atom stereocenters. The molecule has 0 bridgehead atoms. The maximum absolute atomic E-state index is 12.0. The van der Waals surface area contributed by atoms with Crippen LogP contribution < -0.4 is 10.1 Å². The minimum atomic E-state index is -0.478. The van der Waals surface area contributed by atoms with Gasteiger partial charge in [-0.25, -0.2) is 0 Å². The number of carbonyl (C=O) groups excluding carboxylic acids is 2. The number of rotatable bonds is 7. The van der Waals surface area contributed by atoms with Crippen molar-refractivity contribution >= 4 is 28.3 Å². The van der Waals surface area contributed by atoms with Gasteiger partial charge in [-0.3, -0.25) is 9.59 Å². The second-order valence-electron chi connectivity index (χ2n) is 5.65. The highest BCUT2D eigenvalue weighted by Crippen LogP contribution is 2.22. The van der Waals surface area contributed by atoms with Crippen LogP contribution in [-0.4, -0.2) is 25.1 Å². The third kappa shape index (κ3) is 4.83. The second kappa shape index (κ2) is 8.67. The summed E-state index contributed by atoms with van der Waals surface area (Å²) in [7, 11) is 0. The Morgan fingerprint density at radius 3 is 2.42 bits per heavy atom. The van der Waals surface area contributed by atoms with Crippen LogP contribution in [0.15, 0.2) is 72.8 Å². The van der Waals surface area contributed by atoms with Crippen LogP contribution in [0.2, 0.25) is 0 Å². The molecule has 0 saturated carbocycles. The van der Waals surface area contributed by atoms with Crippen LogP contribution in [0.4, 0.5) is 5.69 Å². The predicted molar refractivity (Wildman–Crippen MR) is 100 cm³/mol. The van der Waals surface area contributed by atoms with Crippen molar-refractivity contribution < 1.29 is 19.1 Å². The minimum Gasteiger partial charge on any atom is -0.493 e. The van der Waals surface area contributed by atoms with Crippen LogP contribution in [0.1, 0.15) is 6.42 Å². The molecular weight excluding hydrogens is 330 g/mol. The van der Waals surface area contributed by atoms with Crippen molar-refractivity contribution in [3.8, 4) is 5.75 Å². The summed E-state index contributed by atoms with van der Waals surface area (Å²) in [5.74, 6) is -0.165. The Labute approximate surface area is 151 Å². The van der Waals surface area contributed by atoms with E-state index < -0.39 is 5.97 Å². The van der Waals surface area contributed by atoms with Gasteiger partial charge >= 0.3 is 5.97 Å². The largest absolute Gasteiger partial charge is 0.493 e. The second-order valence-corrected chi connectivity index (χ2v) is 5.65. The lowest BCUT2D eigenvalue weighted by Gasteiger charge is -2.09. The third-order valence-corrected chi connectivity index (χ3v) is 3.75. The van der Waals surface area contributed by atoms with Crippen LogP contribution in [0.5, 0.6) is 5.75 Å². The van der Waals surface area contributed by atoms with E-state index in [1.54, 1.807) is 0 Å². The first-order valence-electron chi connectivity index (χ1n) is 8.33. The van der Waals surface area contributed by atoms with Crippen molar-refractivity contribution in [2.45, 2.75) is 6.42 Å². The molecule has 132 valence electrons. The van der Waals surface area contributed by atoms with Gasteiger partial charge in [0.05, 0.1) is 13.0 Å². The first-order valence-corrected chi connectivity index (χ1v) is 8.33. The number of fused-ring (bicyclic) bond motifs is 1. The van der Waals surface area contributed by atoms with Crippen LogP contribution in [0.3, 0.4) is 0 Å². The normalized spacial score (nSPS) is 10.3. The lowest BCUT2D eigenvalue weighted by molar-refractivity contribution is -0.147. The summed E-state index contributed by atoms with van der Waals surface area (Å²) in [4.78, 5) is 23.8. The highest BCUT2D eigenvalue weighted by molar-refractivity contribution is 6.02. The molecule has 3 rings (SSSR count). The molecule has 0 fully saturated rings. The molecule has 3 aromatic rings. The molecule has 1 amide bonds. The number of carbonyl (C=O) groups is 2. The molecule has 26 heavy (non-hydrogen) atoms. The summed E-state index contributed by atoms with van der Waals surface area (Å²) >= 11 is 0. The molecule has 0 spiro atoms. The number of esters is 1. The van der Waals surface area contributed by atoms with E-state index in [0.717, 1.165) is 10.8 Å². The lowest BCUT2D eigenvalue weighted by atomic mass is 10.1. The molecule has 0 aliphatic rings. The molecular formula is C21H19NO4. The standard InChI is InChI=1S/C21H19NO4/c23-20(22-19-12-6-8-16-7-4-5-11-18(16)19)15-26-21(24)13-14-25-17-9-2-1-3-10-17/h1-12H,13-15H2,(H,22,23). The number of para-hydroxylation sites is 1. The van der Waals surface area contributed by atoms with Gasteiger partial charge < -0.3 is 14.8 Å². The lowest BCUT2D eigenvalue weighted by Crippen LogP contribution is -2.21. The predicted octanol–water partition coefficient (Wildman–Crippen LogP) is 3.79. The van der Waals surface area contributed by atoms with E-state index in [4.69, 9.17) is 9.47 Å². The molecule has 1 N–H and O–H groups in total. The Morgan fingerprint density at radius 1 is 0.846 bits per heavy atom. The van der Waals surface area contributed by atoms with Gasteiger partial charge in [0, 0.05) is 11.1 Å². The number of hydrogen-bond acceptors (Lipinski definition) is 4. The van der Waals surface area contributed by atoms with Crippen molar-refractivity contribution in [3.63, 3.8) is 0 Å². The Kier molecular flexibility index (Phi) is 5.83. The SMILES string of the molecule is O=C(COC(=O)CCOc1ccccc1)Nc1cccc2ccccc12. The van der Waals surface area contributed by atoms with Gasteiger partial charge in [-0.15, -0.1) is 0 Å². The fourth-order valence-electron chi connectivity index (χ4n) is 2.51. The summed E-state index contributed by atoms with van der Waals surface area (Å²) in [6.07, 6.45) is 0.0798. The molecule has 0 aliphatic carbocycles. The number of nitrogens with one attached hydrogen (secondary N) is 1. The maximum atomic E-state index is 12.0. The topological polar surface area (TPSA) is 64.6 Å². The summed E-state index contributed by atoms with van der Waals surface area (Å²) in [5, 5.41) is 4.74. The molecule has 5 nitrogen and oxygen atoms in total. The molecule has 0 radical (unpaired) electrons. The fraction of sp³-hybridized carbons (Fsp3) is 0.143. The van der Waals surface area contributed by atoms with E-state index >= 15 is 0 Å². The summed E-state index contributed by atoms with van der Waals surface area (Å²) in [6, 6.07) is 22.6.